The topological polar surface area (TPSA) is 93.0 Å². The minimum absolute atomic E-state index is 0.0502. The Balaban J connectivity index is 2.29. The summed E-state index contributed by atoms with van der Waals surface area (Å²) in [5.41, 5.74) is 0.225. The van der Waals surface area contributed by atoms with Crippen molar-refractivity contribution in [3.63, 3.8) is 0 Å². The summed E-state index contributed by atoms with van der Waals surface area (Å²) in [6.45, 7) is 0. The molecular formula is C11H9ClFN5O2. The smallest absolute Gasteiger partial charge is 0.329 e. The lowest BCUT2D eigenvalue weighted by Crippen LogP contribution is -2.04. The third-order valence-electron chi connectivity index (χ3n) is 2.38. The number of nitro groups is 1. The molecule has 0 fully saturated rings. The molecule has 0 aliphatic carbocycles. The second kappa shape index (κ2) is 5.66. The van der Waals surface area contributed by atoms with Gasteiger partial charge in [0.05, 0.1) is 9.95 Å². The Bertz CT molecular complexity index is 667. The summed E-state index contributed by atoms with van der Waals surface area (Å²) in [6.07, 6.45) is 1.08. The van der Waals surface area contributed by atoms with Crippen LogP contribution in [0.1, 0.15) is 0 Å². The highest BCUT2D eigenvalue weighted by Crippen LogP contribution is 2.24. The zero-order valence-electron chi connectivity index (χ0n) is 10.2. The van der Waals surface area contributed by atoms with E-state index in [0.717, 1.165) is 6.20 Å². The molecule has 0 atom stereocenters. The second-order valence-electron chi connectivity index (χ2n) is 3.69. The van der Waals surface area contributed by atoms with E-state index in [-0.39, 0.29) is 22.5 Å². The van der Waals surface area contributed by atoms with Crippen molar-refractivity contribution in [1.82, 2.24) is 9.97 Å². The van der Waals surface area contributed by atoms with Crippen molar-refractivity contribution in [1.29, 1.82) is 0 Å². The molecule has 0 aliphatic rings. The molecule has 0 bridgehead atoms. The molecule has 0 saturated heterocycles. The first kappa shape index (κ1) is 13.9. The van der Waals surface area contributed by atoms with Crippen LogP contribution in [0.5, 0.6) is 0 Å². The Labute approximate surface area is 118 Å². The first-order valence-electron chi connectivity index (χ1n) is 5.42. The van der Waals surface area contributed by atoms with Crippen molar-refractivity contribution in [2.75, 3.05) is 17.7 Å². The van der Waals surface area contributed by atoms with E-state index in [1.54, 1.807) is 0 Å². The van der Waals surface area contributed by atoms with Gasteiger partial charge in [0, 0.05) is 12.7 Å². The molecule has 2 N–H and O–H groups in total. The van der Waals surface area contributed by atoms with Crippen molar-refractivity contribution in [2.24, 2.45) is 0 Å². The molecule has 7 nitrogen and oxygen atoms in total. The first-order valence-corrected chi connectivity index (χ1v) is 5.80. The van der Waals surface area contributed by atoms with E-state index in [0.29, 0.717) is 5.69 Å². The van der Waals surface area contributed by atoms with E-state index in [1.165, 1.54) is 25.2 Å². The van der Waals surface area contributed by atoms with E-state index < -0.39 is 10.7 Å². The van der Waals surface area contributed by atoms with Gasteiger partial charge in [-0.25, -0.2) is 9.37 Å². The summed E-state index contributed by atoms with van der Waals surface area (Å²) < 4.78 is 13.0. The molecule has 0 unspecified atom stereocenters. The number of benzene rings is 1. The third kappa shape index (κ3) is 2.91. The Hall–Kier alpha value is -2.48. The molecule has 104 valence electrons. The van der Waals surface area contributed by atoms with Crippen molar-refractivity contribution in [3.05, 3.63) is 45.4 Å². The highest BCUT2D eigenvalue weighted by atomic mass is 35.5. The number of hydrogen-bond acceptors (Lipinski definition) is 6. The van der Waals surface area contributed by atoms with Gasteiger partial charge >= 0.3 is 5.69 Å². The molecule has 0 radical (unpaired) electrons. The highest BCUT2D eigenvalue weighted by molar-refractivity contribution is 6.31. The van der Waals surface area contributed by atoms with E-state index in [2.05, 4.69) is 20.6 Å². The lowest BCUT2D eigenvalue weighted by Gasteiger charge is -2.07. The van der Waals surface area contributed by atoms with Gasteiger partial charge in [-0.1, -0.05) is 11.6 Å². The zero-order valence-corrected chi connectivity index (χ0v) is 11.0. The predicted octanol–water partition coefficient (Wildman–Crippen LogP) is 2.96. The molecule has 0 spiro atoms. The number of hydrogen-bond donors (Lipinski definition) is 2. The maximum Gasteiger partial charge on any atom is 0.329 e. The van der Waals surface area contributed by atoms with Gasteiger partial charge in [0.1, 0.15) is 12.0 Å². The lowest BCUT2D eigenvalue weighted by molar-refractivity contribution is -0.384. The van der Waals surface area contributed by atoms with Crippen molar-refractivity contribution in [2.45, 2.75) is 0 Å². The largest absolute Gasteiger partial charge is 0.367 e. The summed E-state index contributed by atoms with van der Waals surface area (Å²) in [6, 6.07) is 4.00. The quantitative estimate of drug-likeness (QED) is 0.665. The summed E-state index contributed by atoms with van der Waals surface area (Å²) >= 11 is 5.65. The van der Waals surface area contributed by atoms with Gasteiger partial charge in [-0.05, 0) is 18.2 Å². The van der Waals surface area contributed by atoms with Crippen molar-refractivity contribution < 1.29 is 9.31 Å². The van der Waals surface area contributed by atoms with Gasteiger partial charge in [0.2, 0.25) is 11.8 Å². The molecule has 9 heteroatoms. The fourth-order valence-electron chi connectivity index (χ4n) is 1.46. The third-order valence-corrected chi connectivity index (χ3v) is 2.67. The van der Waals surface area contributed by atoms with E-state index >= 15 is 0 Å². The molecule has 2 aromatic rings. The highest BCUT2D eigenvalue weighted by Gasteiger charge is 2.16. The standard InChI is InChI=1S/C11H9ClFN5O2/c1-14-10-9(18(19)20)5-15-11(17-10)16-6-2-3-8(13)7(12)4-6/h2-5H,1H3,(H2,14,15,16,17). The van der Waals surface area contributed by atoms with Gasteiger partial charge < -0.3 is 10.6 Å². The number of nitrogens with one attached hydrogen (secondary N) is 2. The number of halogens is 2. The molecule has 1 aromatic carbocycles. The minimum atomic E-state index is -0.593. The summed E-state index contributed by atoms with van der Waals surface area (Å²) in [5, 5.41) is 16.1. The van der Waals surface area contributed by atoms with E-state index in [9.17, 15) is 14.5 Å². The lowest BCUT2D eigenvalue weighted by atomic mass is 10.3. The SMILES string of the molecule is CNc1nc(Nc2ccc(F)c(Cl)c2)ncc1[N+](=O)[O-]. The fraction of sp³-hybridized carbons (Fsp3) is 0.0909. The Kier molecular flexibility index (Phi) is 3.94. The van der Waals surface area contributed by atoms with Crippen LogP contribution in [0.4, 0.5) is 27.5 Å². The summed E-state index contributed by atoms with van der Waals surface area (Å²) in [5.74, 6) is -0.346. The Morgan fingerprint density at radius 2 is 2.20 bits per heavy atom. The van der Waals surface area contributed by atoms with Crippen LogP contribution in [-0.4, -0.2) is 21.9 Å². The van der Waals surface area contributed by atoms with Gasteiger partial charge in [-0.3, -0.25) is 10.1 Å². The summed E-state index contributed by atoms with van der Waals surface area (Å²) in [7, 11) is 1.51. The molecule has 1 heterocycles. The van der Waals surface area contributed by atoms with Gasteiger partial charge in [-0.2, -0.15) is 4.98 Å². The number of rotatable bonds is 4. The predicted molar refractivity (Wildman–Crippen MR) is 72.9 cm³/mol. The average molecular weight is 298 g/mol. The van der Waals surface area contributed by atoms with Crippen molar-refractivity contribution in [3.8, 4) is 0 Å². The van der Waals surface area contributed by atoms with Crippen LogP contribution in [0.3, 0.4) is 0 Å². The second-order valence-corrected chi connectivity index (χ2v) is 4.10. The summed E-state index contributed by atoms with van der Waals surface area (Å²) in [4.78, 5) is 17.9. The van der Waals surface area contributed by atoms with Gasteiger partial charge in [-0.15, -0.1) is 0 Å². The van der Waals surface area contributed by atoms with E-state index in [4.69, 9.17) is 11.6 Å². The first-order chi connectivity index (χ1) is 9.51. The van der Waals surface area contributed by atoms with E-state index in [1.807, 2.05) is 0 Å². The molecule has 0 aliphatic heterocycles. The molecule has 0 amide bonds. The average Bonchev–Trinajstić information content (AvgIpc) is 2.42. The van der Waals surface area contributed by atoms with Crippen LogP contribution in [0.2, 0.25) is 5.02 Å². The van der Waals surface area contributed by atoms with Crippen molar-refractivity contribution >= 4 is 34.7 Å². The fourth-order valence-corrected chi connectivity index (χ4v) is 1.64. The van der Waals surface area contributed by atoms with Gasteiger partial charge in [0.25, 0.3) is 0 Å². The molecule has 2 rings (SSSR count). The Morgan fingerprint density at radius 3 is 2.80 bits per heavy atom. The zero-order chi connectivity index (χ0) is 14.7. The number of anilines is 3. The monoisotopic (exact) mass is 297 g/mol. The van der Waals surface area contributed by atoms with Crippen LogP contribution < -0.4 is 10.6 Å². The molecular weight excluding hydrogens is 289 g/mol. The van der Waals surface area contributed by atoms with Crippen LogP contribution in [0.15, 0.2) is 24.4 Å². The van der Waals surface area contributed by atoms with Crippen LogP contribution >= 0.6 is 11.6 Å². The maximum absolute atomic E-state index is 13.0. The minimum Gasteiger partial charge on any atom is -0.367 e. The van der Waals surface area contributed by atoms with Gasteiger partial charge in [0.15, 0.2) is 0 Å². The number of nitrogens with zero attached hydrogens (tertiary/aromatic N) is 3. The molecule has 20 heavy (non-hydrogen) atoms. The molecule has 0 saturated carbocycles. The van der Waals surface area contributed by atoms with Crippen LogP contribution in [-0.2, 0) is 0 Å². The normalized spacial score (nSPS) is 10.2. The van der Waals surface area contributed by atoms with Crippen LogP contribution in [0, 0.1) is 15.9 Å². The Morgan fingerprint density at radius 1 is 1.45 bits per heavy atom. The number of aromatic nitrogens is 2. The maximum atomic E-state index is 13.0. The molecule has 1 aromatic heterocycles. The van der Waals surface area contributed by atoms with Crippen LogP contribution in [0.25, 0.3) is 0 Å².